The lowest BCUT2D eigenvalue weighted by molar-refractivity contribution is -0.0296. The number of nitrogens with zero attached hydrogens (tertiary/aromatic N) is 1. The summed E-state index contributed by atoms with van der Waals surface area (Å²) in [6.45, 7) is 6.84. The average Bonchev–Trinajstić information content (AvgIpc) is 2.34. The summed E-state index contributed by atoms with van der Waals surface area (Å²) in [5.74, 6) is 6.45. The molecule has 17 heavy (non-hydrogen) atoms. The largest absolute Gasteiger partial charge is 0.378 e. The molecule has 0 saturated carbocycles. The van der Waals surface area contributed by atoms with E-state index >= 15 is 0 Å². The summed E-state index contributed by atoms with van der Waals surface area (Å²) in [4.78, 5) is 2.40. The number of rotatable bonds is 1. The van der Waals surface area contributed by atoms with Crippen molar-refractivity contribution in [1.82, 2.24) is 4.90 Å². The van der Waals surface area contributed by atoms with Crippen molar-refractivity contribution in [2.24, 2.45) is 0 Å². The molecule has 0 aromatic heterocycles. The number of hydrogen-bond donors (Lipinski definition) is 0. The first-order valence-electron chi connectivity index (χ1n) is 6.15. The minimum Gasteiger partial charge on any atom is -0.378 e. The van der Waals surface area contributed by atoms with Crippen molar-refractivity contribution in [3.63, 3.8) is 0 Å². The quantitative estimate of drug-likeness (QED) is 0.684. The van der Waals surface area contributed by atoms with Crippen molar-refractivity contribution in [2.45, 2.75) is 25.9 Å². The Kier molecular flexibility index (Phi) is 4.19. The lowest BCUT2D eigenvalue weighted by Gasteiger charge is -2.37. The molecule has 0 spiro atoms. The van der Waals surface area contributed by atoms with E-state index in [4.69, 9.17) is 4.74 Å². The van der Waals surface area contributed by atoms with Crippen LogP contribution < -0.4 is 0 Å². The highest BCUT2D eigenvalue weighted by molar-refractivity contribution is 5.33. The fraction of sp³-hybridized carbons (Fsp3) is 0.467. The molecular weight excluding hydrogens is 210 g/mol. The summed E-state index contributed by atoms with van der Waals surface area (Å²) in [6, 6.07) is 11.1. The van der Waals surface area contributed by atoms with Crippen LogP contribution in [-0.2, 0) is 4.74 Å². The summed E-state index contributed by atoms with van der Waals surface area (Å²) in [5.41, 5.74) is 1.08. The Balaban J connectivity index is 1.95. The molecule has 1 aromatic rings. The smallest absolute Gasteiger partial charge is 0.0620 e. The highest BCUT2D eigenvalue weighted by atomic mass is 16.5. The molecule has 0 unspecified atom stereocenters. The molecule has 1 heterocycles. The molecule has 0 aliphatic carbocycles. The van der Waals surface area contributed by atoms with E-state index in [0.29, 0.717) is 12.1 Å². The van der Waals surface area contributed by atoms with Crippen LogP contribution in [0.25, 0.3) is 0 Å². The second-order valence-electron chi connectivity index (χ2n) is 4.58. The Labute approximate surface area is 104 Å². The highest BCUT2D eigenvalue weighted by Gasteiger charge is 2.23. The molecule has 2 rings (SSSR count). The van der Waals surface area contributed by atoms with Gasteiger partial charge in [0.15, 0.2) is 0 Å². The maximum absolute atomic E-state index is 5.50. The van der Waals surface area contributed by atoms with Gasteiger partial charge in [0, 0.05) is 17.6 Å². The van der Waals surface area contributed by atoms with Crippen molar-refractivity contribution in [1.29, 1.82) is 0 Å². The molecule has 2 nitrogen and oxygen atoms in total. The van der Waals surface area contributed by atoms with Gasteiger partial charge in [0.25, 0.3) is 0 Å². The number of benzene rings is 1. The number of hydrogen-bond acceptors (Lipinski definition) is 2. The molecular formula is C15H19NO. The maximum Gasteiger partial charge on any atom is 0.0620 e. The van der Waals surface area contributed by atoms with Gasteiger partial charge in [-0.3, -0.25) is 4.90 Å². The van der Waals surface area contributed by atoms with Gasteiger partial charge in [-0.2, -0.15) is 0 Å². The Hall–Kier alpha value is -1.30. The van der Waals surface area contributed by atoms with Crippen LogP contribution in [0.1, 0.15) is 19.4 Å². The van der Waals surface area contributed by atoms with Crippen molar-refractivity contribution >= 4 is 0 Å². The molecule has 0 N–H and O–H groups in total. The molecule has 1 aliphatic heterocycles. The zero-order valence-electron chi connectivity index (χ0n) is 10.5. The number of ether oxygens (including phenoxy) is 1. The molecule has 90 valence electrons. The van der Waals surface area contributed by atoms with Gasteiger partial charge in [0.1, 0.15) is 0 Å². The van der Waals surface area contributed by atoms with Gasteiger partial charge < -0.3 is 4.74 Å². The normalized spacial score (nSPS) is 25.1. The van der Waals surface area contributed by atoms with Gasteiger partial charge in [-0.25, -0.2) is 0 Å². The van der Waals surface area contributed by atoms with Gasteiger partial charge >= 0.3 is 0 Å². The fourth-order valence-electron chi connectivity index (χ4n) is 2.10. The SMILES string of the molecule is C[C@@H]1COC[C@H](C)N1CC#Cc1ccccc1. The van der Waals surface area contributed by atoms with E-state index in [1.165, 1.54) is 0 Å². The predicted octanol–water partition coefficient (Wildman–Crippen LogP) is 2.15. The van der Waals surface area contributed by atoms with Gasteiger partial charge in [0.05, 0.1) is 19.8 Å². The Bertz CT molecular complexity index is 394. The number of morpholine rings is 1. The van der Waals surface area contributed by atoms with Crippen LogP contribution in [0.3, 0.4) is 0 Å². The molecule has 0 bridgehead atoms. The summed E-state index contributed by atoms with van der Waals surface area (Å²) in [6.07, 6.45) is 0. The molecule has 1 aliphatic rings. The van der Waals surface area contributed by atoms with E-state index in [-0.39, 0.29) is 0 Å². The lowest BCUT2D eigenvalue weighted by Crippen LogP contribution is -2.49. The summed E-state index contributed by atoms with van der Waals surface area (Å²) in [7, 11) is 0. The highest BCUT2D eigenvalue weighted by Crippen LogP contribution is 2.11. The zero-order valence-corrected chi connectivity index (χ0v) is 10.5. The van der Waals surface area contributed by atoms with Crippen molar-refractivity contribution in [2.75, 3.05) is 19.8 Å². The van der Waals surface area contributed by atoms with E-state index in [1.54, 1.807) is 0 Å². The summed E-state index contributed by atoms with van der Waals surface area (Å²) < 4.78 is 5.50. The van der Waals surface area contributed by atoms with Gasteiger partial charge in [-0.1, -0.05) is 30.0 Å². The minimum atomic E-state index is 0.462. The van der Waals surface area contributed by atoms with Crippen LogP contribution in [0.5, 0.6) is 0 Å². The Morgan fingerprint density at radius 3 is 2.47 bits per heavy atom. The Morgan fingerprint density at radius 2 is 1.82 bits per heavy atom. The standard InChI is InChI=1S/C15H19NO/c1-13-11-17-12-14(2)16(13)10-6-9-15-7-4-3-5-8-15/h3-5,7-8,13-14H,10-12H2,1-2H3/t13-,14+. The van der Waals surface area contributed by atoms with E-state index in [0.717, 1.165) is 25.3 Å². The van der Waals surface area contributed by atoms with Crippen molar-refractivity contribution < 1.29 is 4.74 Å². The lowest BCUT2D eigenvalue weighted by atomic mass is 10.1. The minimum absolute atomic E-state index is 0.462. The second-order valence-corrected chi connectivity index (χ2v) is 4.58. The summed E-state index contributed by atoms with van der Waals surface area (Å²) in [5, 5.41) is 0. The molecule has 2 atom stereocenters. The summed E-state index contributed by atoms with van der Waals surface area (Å²) >= 11 is 0. The average molecular weight is 229 g/mol. The van der Waals surface area contributed by atoms with E-state index in [9.17, 15) is 0 Å². The van der Waals surface area contributed by atoms with Crippen LogP contribution in [0, 0.1) is 11.8 Å². The van der Waals surface area contributed by atoms with Gasteiger partial charge in [0.2, 0.25) is 0 Å². The van der Waals surface area contributed by atoms with E-state index in [1.807, 2.05) is 30.3 Å². The van der Waals surface area contributed by atoms with Crippen LogP contribution in [0.4, 0.5) is 0 Å². The van der Waals surface area contributed by atoms with Crippen LogP contribution >= 0.6 is 0 Å². The first-order valence-corrected chi connectivity index (χ1v) is 6.15. The molecule has 0 amide bonds. The molecule has 1 saturated heterocycles. The second kappa shape index (κ2) is 5.86. The zero-order chi connectivity index (χ0) is 12.1. The van der Waals surface area contributed by atoms with Crippen molar-refractivity contribution in [3.8, 4) is 11.8 Å². The predicted molar refractivity (Wildman–Crippen MR) is 69.8 cm³/mol. The first kappa shape index (κ1) is 12.2. The van der Waals surface area contributed by atoms with Gasteiger partial charge in [-0.15, -0.1) is 0 Å². The molecule has 2 heteroatoms. The monoisotopic (exact) mass is 229 g/mol. The van der Waals surface area contributed by atoms with E-state index < -0.39 is 0 Å². The maximum atomic E-state index is 5.50. The third-order valence-electron chi connectivity index (χ3n) is 3.12. The molecule has 0 radical (unpaired) electrons. The first-order chi connectivity index (χ1) is 8.27. The molecule has 1 fully saturated rings. The third-order valence-corrected chi connectivity index (χ3v) is 3.12. The van der Waals surface area contributed by atoms with Crippen molar-refractivity contribution in [3.05, 3.63) is 35.9 Å². The molecule has 1 aromatic carbocycles. The van der Waals surface area contributed by atoms with Crippen LogP contribution in [-0.4, -0.2) is 36.7 Å². The van der Waals surface area contributed by atoms with E-state index in [2.05, 4.69) is 30.6 Å². The third kappa shape index (κ3) is 3.33. The van der Waals surface area contributed by atoms with Crippen LogP contribution in [0.2, 0.25) is 0 Å². The topological polar surface area (TPSA) is 12.5 Å². The fourth-order valence-corrected chi connectivity index (χ4v) is 2.10. The Morgan fingerprint density at radius 1 is 1.18 bits per heavy atom. The van der Waals surface area contributed by atoms with Crippen LogP contribution in [0.15, 0.2) is 30.3 Å². The van der Waals surface area contributed by atoms with Gasteiger partial charge in [-0.05, 0) is 26.0 Å².